The van der Waals surface area contributed by atoms with Crippen LogP contribution in [-0.2, 0) is 9.59 Å². The zero-order chi connectivity index (χ0) is 21.0. The van der Waals surface area contributed by atoms with E-state index >= 15 is 0 Å². The number of nitrogens with zero attached hydrogens (tertiary/aromatic N) is 2. The fraction of sp³-hybridized carbons (Fsp3) is 0.182. The summed E-state index contributed by atoms with van der Waals surface area (Å²) in [6.07, 6.45) is 10.2. The van der Waals surface area contributed by atoms with Crippen LogP contribution in [0.1, 0.15) is 23.2 Å². The topological polar surface area (TPSA) is 71.8 Å². The lowest BCUT2D eigenvalue weighted by atomic mass is 9.96. The number of aliphatic carboxylic acids is 1. The van der Waals surface area contributed by atoms with Crippen molar-refractivity contribution in [2.24, 2.45) is 0 Å². The molecule has 1 aromatic heterocycles. The molecular weight excluding hydrogens is 392 g/mol. The maximum Gasteiger partial charge on any atom is 0.336 e. The molecule has 0 atom stereocenters. The highest BCUT2D eigenvalue weighted by Gasteiger charge is 2.21. The second-order valence-electron chi connectivity index (χ2n) is 6.79. The Balaban J connectivity index is 2.06. The average Bonchev–Trinajstić information content (AvgIpc) is 2.97. The van der Waals surface area contributed by atoms with Crippen LogP contribution < -0.4 is 4.74 Å². The summed E-state index contributed by atoms with van der Waals surface area (Å²) in [6.45, 7) is 0.851. The Morgan fingerprint density at radius 3 is 2.76 bits per heavy atom. The molecule has 0 amide bonds. The predicted molar refractivity (Wildman–Crippen MR) is 114 cm³/mol. The number of carboxylic acids is 1. The minimum Gasteiger partial charge on any atom is -0.478 e. The lowest BCUT2D eigenvalue weighted by Gasteiger charge is -2.14. The molecule has 3 rings (SSSR count). The quantitative estimate of drug-likeness (QED) is 0.489. The standard InChI is InChI=1S/C22H21ClN2O4/c1-24(2)11-3-4-17-18-14-16(23)6-5-15(18)9-12-25-13-10-19(22(17)25)29-21(28)8-7-20(26)27/h4-10,12-14H,3,11H2,1-2H3,(H,26,27)/b8-7-,17-4-. The lowest BCUT2D eigenvalue weighted by molar-refractivity contribution is -0.133. The largest absolute Gasteiger partial charge is 0.478 e. The molecule has 0 bridgehead atoms. The first-order chi connectivity index (χ1) is 13.8. The first-order valence-corrected chi connectivity index (χ1v) is 9.40. The minimum absolute atomic E-state index is 0.346. The highest BCUT2D eigenvalue weighted by Crippen LogP contribution is 2.38. The molecule has 0 fully saturated rings. The number of hydrogen-bond acceptors (Lipinski definition) is 4. The van der Waals surface area contributed by atoms with E-state index in [-0.39, 0.29) is 0 Å². The average molecular weight is 413 g/mol. The van der Waals surface area contributed by atoms with Crippen LogP contribution >= 0.6 is 11.6 Å². The van der Waals surface area contributed by atoms with Crippen LogP contribution in [0.25, 0.3) is 17.8 Å². The third-order valence-electron chi connectivity index (χ3n) is 4.35. The molecule has 0 radical (unpaired) electrons. The van der Waals surface area contributed by atoms with Gasteiger partial charge in [0.2, 0.25) is 0 Å². The molecule has 2 heterocycles. The van der Waals surface area contributed by atoms with E-state index < -0.39 is 11.9 Å². The number of rotatable bonds is 6. The molecule has 0 spiro atoms. The van der Waals surface area contributed by atoms with E-state index in [1.165, 1.54) is 0 Å². The molecule has 1 aliphatic heterocycles. The smallest absolute Gasteiger partial charge is 0.336 e. The van der Waals surface area contributed by atoms with Gasteiger partial charge >= 0.3 is 11.9 Å². The van der Waals surface area contributed by atoms with Crippen molar-refractivity contribution in [2.45, 2.75) is 6.42 Å². The van der Waals surface area contributed by atoms with Crippen LogP contribution in [0.5, 0.6) is 5.75 Å². The van der Waals surface area contributed by atoms with Crippen molar-refractivity contribution in [1.82, 2.24) is 9.47 Å². The number of carbonyl (C=O) groups is 2. The number of esters is 1. The van der Waals surface area contributed by atoms with Gasteiger partial charge in [0.05, 0.1) is 5.69 Å². The molecule has 1 N–H and O–H groups in total. The number of carbonyl (C=O) groups excluding carboxylic acids is 1. The Bertz CT molecular complexity index is 1030. The Kier molecular flexibility index (Phi) is 6.36. The van der Waals surface area contributed by atoms with E-state index in [1.807, 2.05) is 49.1 Å². The van der Waals surface area contributed by atoms with Crippen LogP contribution in [0.4, 0.5) is 0 Å². The van der Waals surface area contributed by atoms with E-state index in [0.717, 1.165) is 41.8 Å². The van der Waals surface area contributed by atoms with Gasteiger partial charge in [-0.3, -0.25) is 0 Å². The number of fused-ring (bicyclic) bond motifs is 2. The fourth-order valence-electron chi connectivity index (χ4n) is 3.06. The first-order valence-electron chi connectivity index (χ1n) is 9.02. The maximum atomic E-state index is 12.0. The SMILES string of the molecule is CN(C)CC/C=C1/c2cc(Cl)ccc2C=Cn2ccc(OC(=O)/C=C\C(=O)O)c21. The van der Waals surface area contributed by atoms with Gasteiger partial charge in [0.25, 0.3) is 0 Å². The fourth-order valence-corrected chi connectivity index (χ4v) is 3.23. The number of benzene rings is 1. The van der Waals surface area contributed by atoms with E-state index in [1.54, 1.807) is 12.3 Å². The molecule has 1 aliphatic rings. The van der Waals surface area contributed by atoms with Crippen molar-refractivity contribution in [3.63, 3.8) is 0 Å². The first kappa shape index (κ1) is 20.6. The van der Waals surface area contributed by atoms with E-state index in [9.17, 15) is 9.59 Å². The molecular formula is C22H21ClN2O4. The summed E-state index contributed by atoms with van der Waals surface area (Å²) in [5, 5.41) is 9.31. The van der Waals surface area contributed by atoms with Crippen LogP contribution in [0, 0.1) is 0 Å². The van der Waals surface area contributed by atoms with E-state index in [0.29, 0.717) is 16.5 Å². The third-order valence-corrected chi connectivity index (χ3v) is 4.59. The molecule has 2 aromatic rings. The highest BCUT2D eigenvalue weighted by molar-refractivity contribution is 6.30. The minimum atomic E-state index is -1.21. The van der Waals surface area contributed by atoms with Gasteiger partial charge in [-0.15, -0.1) is 0 Å². The van der Waals surface area contributed by atoms with Crippen molar-refractivity contribution in [3.8, 4) is 5.75 Å². The Hall–Kier alpha value is -3.09. The van der Waals surface area contributed by atoms with Crippen molar-refractivity contribution in [2.75, 3.05) is 20.6 Å². The number of ether oxygens (including phenoxy) is 1. The van der Waals surface area contributed by atoms with Gasteiger partial charge in [-0.25, -0.2) is 9.59 Å². The second-order valence-corrected chi connectivity index (χ2v) is 7.22. The number of aromatic nitrogens is 1. The van der Waals surface area contributed by atoms with Crippen molar-refractivity contribution in [3.05, 3.63) is 70.5 Å². The van der Waals surface area contributed by atoms with Gasteiger partial charge in [-0.2, -0.15) is 0 Å². The molecule has 0 saturated carbocycles. The molecule has 150 valence electrons. The number of carboxylic acid groups (broad SMARTS) is 1. The van der Waals surface area contributed by atoms with Gasteiger partial charge in [0, 0.05) is 41.7 Å². The summed E-state index contributed by atoms with van der Waals surface area (Å²) in [5.74, 6) is -1.62. The zero-order valence-electron chi connectivity index (χ0n) is 16.1. The van der Waals surface area contributed by atoms with Crippen LogP contribution in [0.3, 0.4) is 0 Å². The van der Waals surface area contributed by atoms with E-state index in [2.05, 4.69) is 11.0 Å². The summed E-state index contributed by atoms with van der Waals surface area (Å²) in [5.41, 5.74) is 3.53. The van der Waals surface area contributed by atoms with Crippen molar-refractivity contribution < 1.29 is 19.4 Å². The zero-order valence-corrected chi connectivity index (χ0v) is 16.9. The Morgan fingerprint density at radius 1 is 1.24 bits per heavy atom. The molecule has 0 aliphatic carbocycles. The molecule has 0 unspecified atom stereocenters. The molecule has 29 heavy (non-hydrogen) atoms. The summed E-state index contributed by atoms with van der Waals surface area (Å²) in [7, 11) is 4.01. The summed E-state index contributed by atoms with van der Waals surface area (Å²) in [4.78, 5) is 24.8. The number of halogens is 1. The molecule has 0 saturated heterocycles. The van der Waals surface area contributed by atoms with Crippen LogP contribution in [0.2, 0.25) is 5.02 Å². The summed E-state index contributed by atoms with van der Waals surface area (Å²) in [6, 6.07) is 7.35. The second kappa shape index (κ2) is 8.94. The van der Waals surface area contributed by atoms with E-state index in [4.69, 9.17) is 21.4 Å². The van der Waals surface area contributed by atoms with Gasteiger partial charge in [0.15, 0.2) is 5.75 Å². The van der Waals surface area contributed by atoms with Crippen molar-refractivity contribution in [1.29, 1.82) is 0 Å². The van der Waals surface area contributed by atoms with Crippen molar-refractivity contribution >= 4 is 41.4 Å². The number of hydrogen-bond donors (Lipinski definition) is 1. The molecule has 6 nitrogen and oxygen atoms in total. The Morgan fingerprint density at radius 2 is 2.03 bits per heavy atom. The third kappa shape index (κ3) is 5.04. The van der Waals surface area contributed by atoms with Gasteiger partial charge in [-0.1, -0.05) is 23.7 Å². The van der Waals surface area contributed by atoms with Gasteiger partial charge < -0.3 is 19.3 Å². The summed E-state index contributed by atoms with van der Waals surface area (Å²) < 4.78 is 7.31. The monoisotopic (exact) mass is 412 g/mol. The van der Waals surface area contributed by atoms with Crippen LogP contribution in [0.15, 0.2) is 48.7 Å². The normalized spacial score (nSPS) is 14.1. The Labute approximate surface area is 174 Å². The predicted octanol–water partition coefficient (Wildman–Crippen LogP) is 4.01. The summed E-state index contributed by atoms with van der Waals surface area (Å²) >= 11 is 6.26. The van der Waals surface area contributed by atoms with Gasteiger partial charge in [-0.05, 0) is 55.9 Å². The molecule has 7 heteroatoms. The highest BCUT2D eigenvalue weighted by atomic mass is 35.5. The lowest BCUT2D eigenvalue weighted by Crippen LogP contribution is -2.12. The molecule has 1 aromatic carbocycles. The van der Waals surface area contributed by atoms with Crippen LogP contribution in [-0.4, -0.2) is 47.2 Å². The van der Waals surface area contributed by atoms with Gasteiger partial charge in [0.1, 0.15) is 0 Å². The maximum absolute atomic E-state index is 12.0.